The van der Waals surface area contributed by atoms with Gasteiger partial charge in [-0.3, -0.25) is 0 Å². The van der Waals surface area contributed by atoms with E-state index in [-0.39, 0.29) is 18.1 Å². The summed E-state index contributed by atoms with van der Waals surface area (Å²) in [6.07, 6.45) is 5.73. The molecule has 1 unspecified atom stereocenters. The fourth-order valence-electron chi connectivity index (χ4n) is 4.66. The average Bonchev–Trinajstić information content (AvgIpc) is 3.22. The van der Waals surface area contributed by atoms with Crippen molar-refractivity contribution >= 4 is 11.6 Å². The summed E-state index contributed by atoms with van der Waals surface area (Å²) in [7, 11) is 0. The van der Waals surface area contributed by atoms with Gasteiger partial charge in [-0.05, 0) is 43.7 Å². The molecule has 0 aliphatic carbocycles. The van der Waals surface area contributed by atoms with Crippen LogP contribution in [0.3, 0.4) is 0 Å². The zero-order valence-electron chi connectivity index (χ0n) is 16.6. The topological polar surface area (TPSA) is 70.5 Å². The van der Waals surface area contributed by atoms with Crippen molar-refractivity contribution in [2.75, 3.05) is 43.1 Å². The fourth-order valence-corrected chi connectivity index (χ4v) is 4.66. The van der Waals surface area contributed by atoms with Crippen LogP contribution in [0.15, 0.2) is 36.7 Å². The number of anilines is 2. The molecule has 2 fully saturated rings. The zero-order valence-corrected chi connectivity index (χ0v) is 16.6. The number of hydrogen-bond acceptors (Lipinski definition) is 6. The van der Waals surface area contributed by atoms with Crippen molar-refractivity contribution in [1.29, 1.82) is 0 Å². The third kappa shape index (κ3) is 3.84. The Morgan fingerprint density at radius 1 is 1.25 bits per heavy atom. The molecule has 1 aromatic carbocycles. The summed E-state index contributed by atoms with van der Waals surface area (Å²) in [4.78, 5) is 11.1. The van der Waals surface area contributed by atoms with E-state index in [4.69, 9.17) is 4.74 Å². The molecule has 2 aliphatic heterocycles. The van der Waals surface area contributed by atoms with Crippen molar-refractivity contribution < 1.29 is 9.84 Å². The highest BCUT2D eigenvalue weighted by Gasteiger charge is 2.35. The Balaban J connectivity index is 1.53. The maximum atomic E-state index is 9.61. The van der Waals surface area contributed by atoms with Crippen molar-refractivity contribution in [1.82, 2.24) is 9.97 Å². The maximum Gasteiger partial charge on any atom is 0.134 e. The van der Waals surface area contributed by atoms with Crippen LogP contribution in [0.4, 0.5) is 11.6 Å². The molecule has 0 spiro atoms. The highest BCUT2D eigenvalue weighted by Crippen LogP contribution is 2.37. The predicted molar refractivity (Wildman–Crippen MR) is 111 cm³/mol. The summed E-state index contributed by atoms with van der Waals surface area (Å²) in [5.74, 6) is 1.74. The molecule has 6 nitrogen and oxygen atoms in total. The zero-order chi connectivity index (χ0) is 19.4. The summed E-state index contributed by atoms with van der Waals surface area (Å²) in [6, 6.07) is 10.9. The monoisotopic (exact) mass is 382 g/mol. The second-order valence-corrected chi connectivity index (χ2v) is 7.99. The smallest absolute Gasteiger partial charge is 0.134 e. The lowest BCUT2D eigenvalue weighted by Crippen LogP contribution is -2.40. The number of nitrogens with one attached hydrogen (secondary N) is 1. The molecule has 2 N–H and O–H groups in total. The minimum absolute atomic E-state index is 0.0516. The molecule has 150 valence electrons. The second-order valence-electron chi connectivity index (χ2n) is 7.99. The number of aliphatic hydroxyl groups is 1. The van der Waals surface area contributed by atoms with Crippen LogP contribution >= 0.6 is 0 Å². The summed E-state index contributed by atoms with van der Waals surface area (Å²) < 4.78 is 5.67. The quantitative estimate of drug-likeness (QED) is 0.801. The number of aliphatic hydroxyl groups excluding tert-OH is 1. The Labute approximate surface area is 167 Å². The van der Waals surface area contributed by atoms with Gasteiger partial charge in [-0.25, -0.2) is 9.97 Å². The third-order valence-electron chi connectivity index (χ3n) is 6.31. The molecular formula is C22H30N4O2. The van der Waals surface area contributed by atoms with Crippen molar-refractivity contribution in [3.05, 3.63) is 47.8 Å². The van der Waals surface area contributed by atoms with E-state index in [2.05, 4.69) is 51.4 Å². The van der Waals surface area contributed by atoms with Gasteiger partial charge in [0.25, 0.3) is 0 Å². The van der Waals surface area contributed by atoms with E-state index in [1.807, 2.05) is 6.07 Å². The van der Waals surface area contributed by atoms with E-state index in [0.29, 0.717) is 0 Å². The van der Waals surface area contributed by atoms with Gasteiger partial charge in [0.15, 0.2) is 0 Å². The van der Waals surface area contributed by atoms with E-state index >= 15 is 0 Å². The molecule has 0 bridgehead atoms. The first-order valence-corrected chi connectivity index (χ1v) is 10.3. The first kappa shape index (κ1) is 19.2. The third-order valence-corrected chi connectivity index (χ3v) is 6.31. The lowest BCUT2D eigenvalue weighted by atomic mass is 9.72. The van der Waals surface area contributed by atoms with Gasteiger partial charge in [0.05, 0.1) is 12.6 Å². The molecule has 0 amide bonds. The van der Waals surface area contributed by atoms with E-state index in [9.17, 15) is 5.11 Å². The molecule has 0 radical (unpaired) electrons. The second kappa shape index (κ2) is 8.45. The lowest BCUT2D eigenvalue weighted by molar-refractivity contribution is 0.0541. The number of nitrogens with zero attached hydrogens (tertiary/aromatic N) is 3. The molecule has 3 heterocycles. The van der Waals surface area contributed by atoms with E-state index < -0.39 is 0 Å². The van der Waals surface area contributed by atoms with Gasteiger partial charge in [0.1, 0.15) is 18.0 Å². The molecule has 2 aliphatic rings. The average molecular weight is 383 g/mol. The van der Waals surface area contributed by atoms with Crippen molar-refractivity contribution in [2.24, 2.45) is 0 Å². The number of aryl methyl sites for hydroxylation is 1. The van der Waals surface area contributed by atoms with Crippen LogP contribution in [0, 0.1) is 6.92 Å². The molecule has 2 aromatic rings. The molecule has 28 heavy (non-hydrogen) atoms. The van der Waals surface area contributed by atoms with Gasteiger partial charge in [-0.15, -0.1) is 0 Å². The number of rotatable bonds is 6. The standard InChI is InChI=1S/C22H30N4O2/c1-17-5-2-3-7-19(17)22(8-11-28-12-9-22)15-23-20-13-21(25-16-24-20)26-10-4-6-18(26)14-27/h2-3,5,7,13,16,18,27H,4,6,8-12,14-15H2,1H3,(H,23,24,25). The van der Waals surface area contributed by atoms with Crippen molar-refractivity contribution in [3.63, 3.8) is 0 Å². The highest BCUT2D eigenvalue weighted by atomic mass is 16.5. The predicted octanol–water partition coefficient (Wildman–Crippen LogP) is 2.91. The highest BCUT2D eigenvalue weighted by molar-refractivity contribution is 5.50. The molecular weight excluding hydrogens is 352 g/mol. The SMILES string of the molecule is Cc1ccccc1C1(CNc2cc(N3CCCC3CO)ncn2)CCOCC1. The number of hydrogen-bond donors (Lipinski definition) is 2. The number of ether oxygens (including phenoxy) is 1. The van der Waals surface area contributed by atoms with Crippen LogP contribution in [0.25, 0.3) is 0 Å². The minimum Gasteiger partial charge on any atom is -0.394 e. The van der Waals surface area contributed by atoms with Crippen LogP contribution in [0.5, 0.6) is 0 Å². The van der Waals surface area contributed by atoms with Gasteiger partial charge in [0, 0.05) is 37.8 Å². The van der Waals surface area contributed by atoms with E-state index in [1.165, 1.54) is 11.1 Å². The molecule has 2 saturated heterocycles. The largest absolute Gasteiger partial charge is 0.394 e. The Kier molecular flexibility index (Phi) is 5.78. The van der Waals surface area contributed by atoms with Crippen molar-refractivity contribution in [3.8, 4) is 0 Å². The normalized spacial score (nSPS) is 21.6. The van der Waals surface area contributed by atoms with Crippen LogP contribution in [0.1, 0.15) is 36.8 Å². The van der Waals surface area contributed by atoms with Gasteiger partial charge < -0.3 is 20.1 Å². The van der Waals surface area contributed by atoms with Crippen LogP contribution in [-0.4, -0.2) is 54.0 Å². The van der Waals surface area contributed by atoms with Gasteiger partial charge in [-0.1, -0.05) is 24.3 Å². The van der Waals surface area contributed by atoms with Gasteiger partial charge >= 0.3 is 0 Å². The number of aromatic nitrogens is 2. The molecule has 0 saturated carbocycles. The molecule has 6 heteroatoms. The van der Waals surface area contributed by atoms with Crippen LogP contribution < -0.4 is 10.2 Å². The summed E-state index contributed by atoms with van der Waals surface area (Å²) in [5, 5.41) is 13.2. The summed E-state index contributed by atoms with van der Waals surface area (Å²) in [6.45, 7) is 5.70. The Morgan fingerprint density at radius 3 is 2.86 bits per heavy atom. The van der Waals surface area contributed by atoms with Crippen molar-refractivity contribution in [2.45, 2.75) is 44.1 Å². The summed E-state index contributed by atoms with van der Waals surface area (Å²) >= 11 is 0. The van der Waals surface area contributed by atoms with E-state index in [1.54, 1.807) is 6.33 Å². The summed E-state index contributed by atoms with van der Waals surface area (Å²) in [5.41, 5.74) is 2.79. The fraction of sp³-hybridized carbons (Fsp3) is 0.545. The van der Waals surface area contributed by atoms with Gasteiger partial charge in [-0.2, -0.15) is 0 Å². The lowest BCUT2D eigenvalue weighted by Gasteiger charge is -2.39. The van der Waals surface area contributed by atoms with Crippen LogP contribution in [-0.2, 0) is 10.2 Å². The molecule has 4 rings (SSSR count). The Bertz CT molecular complexity index is 792. The Hall–Kier alpha value is -2.18. The maximum absolute atomic E-state index is 9.61. The minimum atomic E-state index is 0.0516. The Morgan fingerprint density at radius 2 is 2.07 bits per heavy atom. The first-order valence-electron chi connectivity index (χ1n) is 10.3. The van der Waals surface area contributed by atoms with Gasteiger partial charge in [0.2, 0.25) is 0 Å². The van der Waals surface area contributed by atoms with Crippen LogP contribution in [0.2, 0.25) is 0 Å². The van der Waals surface area contributed by atoms with E-state index in [0.717, 1.165) is 63.6 Å². The molecule has 1 aromatic heterocycles. The number of benzene rings is 1. The molecule has 1 atom stereocenters. The first-order chi connectivity index (χ1) is 13.7.